The maximum atomic E-state index is 12.4. The highest BCUT2D eigenvalue weighted by molar-refractivity contribution is 5.83. The number of ether oxygens (including phenoxy) is 1. The van der Waals surface area contributed by atoms with Crippen molar-refractivity contribution in [2.75, 3.05) is 6.61 Å². The summed E-state index contributed by atoms with van der Waals surface area (Å²) in [5, 5.41) is 13.6. The number of fused-ring (bicyclic) bond motifs is 3. The molecule has 0 saturated heterocycles. The Bertz CT molecular complexity index is 968. The molecule has 1 aliphatic carbocycles. The van der Waals surface area contributed by atoms with Crippen LogP contribution in [0.15, 0.2) is 48.5 Å². The Morgan fingerprint density at radius 3 is 2.12 bits per heavy atom. The second kappa shape index (κ2) is 10.9. The van der Waals surface area contributed by atoms with Crippen LogP contribution in [0.4, 0.5) is 13.6 Å². The van der Waals surface area contributed by atoms with Crippen LogP contribution in [-0.4, -0.2) is 48.2 Å². The fourth-order valence-corrected chi connectivity index (χ4v) is 3.93. The van der Waals surface area contributed by atoms with E-state index in [4.69, 9.17) is 9.84 Å². The zero-order chi connectivity index (χ0) is 24.0. The van der Waals surface area contributed by atoms with Gasteiger partial charge in [0.1, 0.15) is 12.6 Å². The Morgan fingerprint density at radius 2 is 1.58 bits per heavy atom. The summed E-state index contributed by atoms with van der Waals surface area (Å²) >= 11 is 0. The number of carboxylic acid groups (broad SMARTS) is 1. The molecule has 2 atom stereocenters. The Morgan fingerprint density at radius 1 is 1.00 bits per heavy atom. The fourth-order valence-electron chi connectivity index (χ4n) is 3.93. The van der Waals surface area contributed by atoms with E-state index < -0.39 is 42.9 Å². The van der Waals surface area contributed by atoms with Gasteiger partial charge in [-0.05, 0) is 35.6 Å². The molecule has 1 aliphatic rings. The van der Waals surface area contributed by atoms with Crippen molar-refractivity contribution in [2.24, 2.45) is 0 Å². The van der Waals surface area contributed by atoms with E-state index in [1.165, 1.54) is 0 Å². The number of carbonyl (C=O) groups is 3. The van der Waals surface area contributed by atoms with Crippen LogP contribution < -0.4 is 10.6 Å². The first-order valence-corrected chi connectivity index (χ1v) is 10.7. The smallest absolute Gasteiger partial charge is 0.407 e. The van der Waals surface area contributed by atoms with Gasteiger partial charge >= 0.3 is 12.1 Å². The Kier molecular flexibility index (Phi) is 7.97. The van der Waals surface area contributed by atoms with E-state index in [1.54, 1.807) is 6.92 Å². The van der Waals surface area contributed by atoms with Gasteiger partial charge in [0.15, 0.2) is 0 Å². The van der Waals surface area contributed by atoms with Gasteiger partial charge < -0.3 is 20.5 Å². The minimum absolute atomic E-state index is 0.0768. The lowest BCUT2D eigenvalue weighted by atomic mass is 9.98. The summed E-state index contributed by atoms with van der Waals surface area (Å²) in [5.41, 5.74) is 4.42. The zero-order valence-electron chi connectivity index (χ0n) is 18.1. The molecule has 0 spiro atoms. The molecule has 7 nitrogen and oxygen atoms in total. The molecule has 3 N–H and O–H groups in total. The monoisotopic (exact) mass is 460 g/mol. The van der Waals surface area contributed by atoms with Crippen LogP contribution in [0, 0.1) is 0 Å². The van der Waals surface area contributed by atoms with Crippen molar-refractivity contribution in [3.63, 3.8) is 0 Å². The van der Waals surface area contributed by atoms with E-state index in [1.807, 2.05) is 48.5 Å². The fraction of sp³-hybridized carbons (Fsp3) is 0.375. The lowest BCUT2D eigenvalue weighted by Crippen LogP contribution is -2.42. The highest BCUT2D eigenvalue weighted by atomic mass is 19.3. The van der Waals surface area contributed by atoms with E-state index in [0.29, 0.717) is 0 Å². The van der Waals surface area contributed by atoms with Crippen LogP contribution in [0.5, 0.6) is 0 Å². The number of hydrogen-bond acceptors (Lipinski definition) is 4. The molecule has 0 fully saturated rings. The maximum Gasteiger partial charge on any atom is 0.407 e. The summed E-state index contributed by atoms with van der Waals surface area (Å²) < 4.78 is 30.3. The molecular weight excluding hydrogens is 434 g/mol. The van der Waals surface area contributed by atoms with Crippen LogP contribution in [0.2, 0.25) is 0 Å². The largest absolute Gasteiger partial charge is 0.480 e. The van der Waals surface area contributed by atoms with E-state index in [2.05, 4.69) is 10.6 Å². The molecule has 2 unspecified atom stereocenters. The molecule has 33 heavy (non-hydrogen) atoms. The molecule has 0 saturated carbocycles. The highest BCUT2D eigenvalue weighted by Crippen LogP contribution is 2.44. The zero-order valence-corrected chi connectivity index (χ0v) is 18.1. The number of hydrogen-bond donors (Lipinski definition) is 3. The molecule has 0 aliphatic heterocycles. The van der Waals surface area contributed by atoms with Crippen molar-refractivity contribution in [1.82, 2.24) is 10.6 Å². The van der Waals surface area contributed by atoms with Crippen molar-refractivity contribution in [1.29, 1.82) is 0 Å². The minimum Gasteiger partial charge on any atom is -0.480 e. The SMILES string of the molecule is CC(CCC(=O)NC(CC(F)F)C(=O)O)NC(=O)OCC1c2ccccc2-c2ccccc21. The molecule has 0 bridgehead atoms. The number of carbonyl (C=O) groups excluding carboxylic acids is 2. The van der Waals surface area contributed by atoms with Crippen LogP contribution in [0.3, 0.4) is 0 Å². The first-order chi connectivity index (χ1) is 15.8. The molecule has 0 aromatic heterocycles. The summed E-state index contributed by atoms with van der Waals surface area (Å²) in [6.45, 7) is 1.82. The lowest BCUT2D eigenvalue weighted by Gasteiger charge is -2.18. The molecule has 2 aromatic rings. The second-order valence-corrected chi connectivity index (χ2v) is 7.99. The van der Waals surface area contributed by atoms with E-state index in [-0.39, 0.29) is 25.4 Å². The van der Waals surface area contributed by atoms with Gasteiger partial charge in [0, 0.05) is 24.8 Å². The highest BCUT2D eigenvalue weighted by Gasteiger charge is 2.29. The predicted octanol–water partition coefficient (Wildman–Crippen LogP) is 3.92. The topological polar surface area (TPSA) is 105 Å². The van der Waals surface area contributed by atoms with Gasteiger partial charge in [0.05, 0.1) is 0 Å². The summed E-state index contributed by atoms with van der Waals surface area (Å²) in [6.07, 6.45) is -4.38. The van der Waals surface area contributed by atoms with Crippen LogP contribution in [0.1, 0.15) is 43.2 Å². The van der Waals surface area contributed by atoms with E-state index in [9.17, 15) is 23.2 Å². The third-order valence-electron chi connectivity index (χ3n) is 5.56. The number of amides is 2. The van der Waals surface area contributed by atoms with Crippen LogP contribution >= 0.6 is 0 Å². The van der Waals surface area contributed by atoms with Gasteiger partial charge in [-0.1, -0.05) is 48.5 Å². The summed E-state index contributed by atoms with van der Waals surface area (Å²) in [5.74, 6) is -2.27. The quantitative estimate of drug-likeness (QED) is 0.499. The average Bonchev–Trinajstić information content (AvgIpc) is 3.09. The molecule has 3 rings (SSSR count). The number of alkyl halides is 2. The van der Waals surface area contributed by atoms with Crippen molar-refractivity contribution in [2.45, 2.75) is 50.6 Å². The molecule has 0 radical (unpaired) electrons. The van der Waals surface area contributed by atoms with Gasteiger partial charge in [-0.25, -0.2) is 18.4 Å². The number of benzene rings is 2. The number of alkyl carbamates (subject to hydrolysis) is 1. The number of carboxylic acids is 1. The number of nitrogens with one attached hydrogen (secondary N) is 2. The van der Waals surface area contributed by atoms with E-state index in [0.717, 1.165) is 22.3 Å². The Labute approximate surface area is 190 Å². The average molecular weight is 460 g/mol. The summed E-state index contributed by atoms with van der Waals surface area (Å²) in [6, 6.07) is 13.8. The number of halogens is 2. The van der Waals surface area contributed by atoms with Crippen LogP contribution in [0.25, 0.3) is 11.1 Å². The van der Waals surface area contributed by atoms with Crippen molar-refractivity contribution < 1.29 is 33.0 Å². The molecular formula is C24H26F2N2O5. The van der Waals surface area contributed by atoms with E-state index >= 15 is 0 Å². The van der Waals surface area contributed by atoms with Crippen LogP contribution in [-0.2, 0) is 14.3 Å². The number of aliphatic carboxylic acids is 1. The molecule has 0 heterocycles. The second-order valence-electron chi connectivity index (χ2n) is 7.99. The van der Waals surface area contributed by atoms with Gasteiger partial charge in [0.25, 0.3) is 0 Å². The molecule has 176 valence electrons. The van der Waals surface area contributed by atoms with Gasteiger partial charge in [-0.3, -0.25) is 4.79 Å². The Hall–Kier alpha value is -3.49. The predicted molar refractivity (Wildman–Crippen MR) is 117 cm³/mol. The standard InChI is InChI=1S/C24H26F2N2O5/c1-14(10-11-22(29)28-20(23(30)31)12-21(25)26)27-24(32)33-13-19-17-8-4-2-6-15(17)16-7-3-5-9-18(16)19/h2-9,14,19-21H,10-13H2,1H3,(H,27,32)(H,28,29)(H,30,31). The lowest BCUT2D eigenvalue weighted by molar-refractivity contribution is -0.143. The summed E-state index contributed by atoms with van der Waals surface area (Å²) in [4.78, 5) is 35.1. The van der Waals surface area contributed by atoms with Crippen molar-refractivity contribution >= 4 is 18.0 Å². The van der Waals surface area contributed by atoms with Crippen molar-refractivity contribution in [3.05, 3.63) is 59.7 Å². The third kappa shape index (κ3) is 6.27. The number of rotatable bonds is 10. The minimum atomic E-state index is -2.85. The summed E-state index contributed by atoms with van der Waals surface area (Å²) in [7, 11) is 0. The third-order valence-corrected chi connectivity index (χ3v) is 5.56. The molecule has 9 heteroatoms. The van der Waals surface area contributed by atoms with Gasteiger partial charge in [0.2, 0.25) is 12.3 Å². The maximum absolute atomic E-state index is 12.4. The van der Waals surface area contributed by atoms with Gasteiger partial charge in [-0.15, -0.1) is 0 Å². The first kappa shape index (κ1) is 24.2. The molecule has 2 amide bonds. The van der Waals surface area contributed by atoms with Crippen molar-refractivity contribution in [3.8, 4) is 11.1 Å². The first-order valence-electron chi connectivity index (χ1n) is 10.7. The normalized spacial score (nSPS) is 14.2. The molecule has 2 aromatic carbocycles. The Balaban J connectivity index is 1.47. The van der Waals surface area contributed by atoms with Gasteiger partial charge in [-0.2, -0.15) is 0 Å².